The zero-order chi connectivity index (χ0) is 10.3. The number of rotatable bonds is 1. The maximum absolute atomic E-state index is 12.1. The van der Waals surface area contributed by atoms with Gasteiger partial charge in [0.25, 0.3) is 0 Å². The van der Waals surface area contributed by atoms with Crippen molar-refractivity contribution in [1.29, 1.82) is 0 Å². The molecule has 0 aromatic heterocycles. The van der Waals surface area contributed by atoms with Crippen molar-refractivity contribution < 1.29 is 9.53 Å². The van der Waals surface area contributed by atoms with Crippen LogP contribution in [-0.2, 0) is 9.53 Å². The predicted octanol–water partition coefficient (Wildman–Crippen LogP) is 2.56. The van der Waals surface area contributed by atoms with Crippen LogP contribution in [-0.4, -0.2) is 18.0 Å². The molecule has 2 unspecified atom stereocenters. The van der Waals surface area contributed by atoms with Gasteiger partial charge in [0, 0.05) is 11.3 Å². The fraction of sp³-hybridized carbons (Fsp3) is 0.917. The second-order valence-electron chi connectivity index (χ2n) is 5.74. The first kappa shape index (κ1) is 10.2. The fourth-order valence-corrected chi connectivity index (χ4v) is 2.68. The highest BCUT2D eigenvalue weighted by Gasteiger charge is 2.40. The van der Waals surface area contributed by atoms with E-state index in [9.17, 15) is 4.79 Å². The molecule has 0 N–H and O–H groups in total. The number of hydrogen-bond donors (Lipinski definition) is 0. The lowest BCUT2D eigenvalue weighted by atomic mass is 9.78. The molecule has 2 fully saturated rings. The van der Waals surface area contributed by atoms with Crippen LogP contribution in [0.25, 0.3) is 0 Å². The third-order valence-electron chi connectivity index (χ3n) is 3.40. The topological polar surface area (TPSA) is 26.3 Å². The number of fused-ring (bicyclic) bond motifs is 2. The van der Waals surface area contributed by atoms with Crippen molar-refractivity contribution in [1.82, 2.24) is 0 Å². The molecule has 2 aliphatic heterocycles. The monoisotopic (exact) mass is 196 g/mol. The zero-order valence-corrected chi connectivity index (χ0v) is 9.38. The summed E-state index contributed by atoms with van der Waals surface area (Å²) in [6.45, 7) is 6.06. The van der Waals surface area contributed by atoms with Crippen LogP contribution in [0.15, 0.2) is 0 Å². The summed E-state index contributed by atoms with van der Waals surface area (Å²) in [7, 11) is 0. The molecule has 0 aliphatic carbocycles. The average molecular weight is 196 g/mol. The molecule has 14 heavy (non-hydrogen) atoms. The molecule has 2 heteroatoms. The predicted molar refractivity (Wildman–Crippen MR) is 55.1 cm³/mol. The normalized spacial score (nSPS) is 37.2. The van der Waals surface area contributed by atoms with Gasteiger partial charge in [-0.1, -0.05) is 20.8 Å². The van der Waals surface area contributed by atoms with Crippen LogP contribution < -0.4 is 0 Å². The first-order valence-electron chi connectivity index (χ1n) is 5.66. The molecule has 80 valence electrons. The number of ether oxygens (including phenoxy) is 1. The van der Waals surface area contributed by atoms with Crippen molar-refractivity contribution in [2.75, 3.05) is 0 Å². The number of Topliss-reactive ketones (excluding diaryl/α,β-unsaturated/α-hetero) is 1. The molecule has 0 radical (unpaired) electrons. The summed E-state index contributed by atoms with van der Waals surface area (Å²) in [6, 6.07) is 0. The third-order valence-corrected chi connectivity index (χ3v) is 3.40. The van der Waals surface area contributed by atoms with Gasteiger partial charge < -0.3 is 4.74 Å². The first-order chi connectivity index (χ1) is 6.47. The van der Waals surface area contributed by atoms with Gasteiger partial charge in [-0.25, -0.2) is 0 Å². The summed E-state index contributed by atoms with van der Waals surface area (Å²) in [4.78, 5) is 12.1. The highest BCUT2D eigenvalue weighted by molar-refractivity contribution is 5.86. The Hall–Kier alpha value is -0.370. The van der Waals surface area contributed by atoms with Crippen molar-refractivity contribution in [2.45, 2.75) is 58.7 Å². The van der Waals surface area contributed by atoms with E-state index in [1.165, 1.54) is 12.8 Å². The van der Waals surface area contributed by atoms with Crippen LogP contribution in [0.3, 0.4) is 0 Å². The van der Waals surface area contributed by atoms with Crippen molar-refractivity contribution in [2.24, 2.45) is 11.3 Å². The molecule has 2 heterocycles. The maximum Gasteiger partial charge on any atom is 0.141 e. The minimum Gasteiger partial charge on any atom is -0.375 e. The Morgan fingerprint density at radius 2 is 1.64 bits per heavy atom. The zero-order valence-electron chi connectivity index (χ0n) is 9.38. The van der Waals surface area contributed by atoms with Gasteiger partial charge in [0.15, 0.2) is 0 Å². The fourth-order valence-electron chi connectivity index (χ4n) is 2.68. The van der Waals surface area contributed by atoms with Crippen molar-refractivity contribution in [3.05, 3.63) is 0 Å². The van der Waals surface area contributed by atoms with E-state index in [1.807, 2.05) is 20.8 Å². The van der Waals surface area contributed by atoms with Crippen LogP contribution in [0.5, 0.6) is 0 Å². The molecule has 0 saturated carbocycles. The van der Waals surface area contributed by atoms with Crippen LogP contribution in [0, 0.1) is 11.3 Å². The smallest absolute Gasteiger partial charge is 0.141 e. The molecule has 0 spiro atoms. The van der Waals surface area contributed by atoms with E-state index in [0.717, 1.165) is 12.8 Å². The summed E-state index contributed by atoms with van der Waals surface area (Å²) in [6.07, 6.45) is 5.02. The van der Waals surface area contributed by atoms with E-state index >= 15 is 0 Å². The second-order valence-corrected chi connectivity index (χ2v) is 5.74. The molecule has 2 nitrogen and oxygen atoms in total. The van der Waals surface area contributed by atoms with Gasteiger partial charge in [-0.15, -0.1) is 0 Å². The molecule has 0 aromatic rings. The molecule has 2 atom stereocenters. The Kier molecular flexibility index (Phi) is 2.42. The lowest BCUT2D eigenvalue weighted by Crippen LogP contribution is -2.35. The summed E-state index contributed by atoms with van der Waals surface area (Å²) in [5.74, 6) is 0.693. The maximum atomic E-state index is 12.1. The molecule has 2 bridgehead atoms. The van der Waals surface area contributed by atoms with Gasteiger partial charge in [-0.3, -0.25) is 4.79 Å². The van der Waals surface area contributed by atoms with Gasteiger partial charge >= 0.3 is 0 Å². The Morgan fingerprint density at radius 3 is 2.07 bits per heavy atom. The van der Waals surface area contributed by atoms with Crippen molar-refractivity contribution >= 4 is 5.78 Å². The highest BCUT2D eigenvalue weighted by atomic mass is 16.5. The van der Waals surface area contributed by atoms with Crippen LogP contribution in [0.2, 0.25) is 0 Å². The summed E-state index contributed by atoms with van der Waals surface area (Å²) >= 11 is 0. The molecular weight excluding hydrogens is 176 g/mol. The standard InChI is InChI=1S/C12H20O2/c1-12(2,3)11(13)8-6-9-4-5-10(7-8)14-9/h8-10H,4-7H2,1-3H3. The summed E-state index contributed by atoms with van der Waals surface area (Å²) in [5.41, 5.74) is -0.179. The van der Waals surface area contributed by atoms with Crippen molar-refractivity contribution in [3.63, 3.8) is 0 Å². The number of ketones is 1. The lowest BCUT2D eigenvalue weighted by molar-refractivity contribution is -0.136. The molecule has 0 amide bonds. The average Bonchev–Trinajstić information content (AvgIpc) is 2.42. The Morgan fingerprint density at radius 1 is 1.14 bits per heavy atom. The SMILES string of the molecule is CC(C)(C)C(=O)C1CC2CCC(C1)O2. The Labute approximate surface area is 86.0 Å². The highest BCUT2D eigenvalue weighted by Crippen LogP contribution is 2.38. The molecule has 0 aromatic carbocycles. The van der Waals surface area contributed by atoms with E-state index in [2.05, 4.69) is 0 Å². The molecule has 2 aliphatic rings. The molecular formula is C12H20O2. The molecule has 2 rings (SSSR count). The first-order valence-corrected chi connectivity index (χ1v) is 5.66. The number of carbonyl (C=O) groups is 1. The van der Waals surface area contributed by atoms with Crippen LogP contribution in [0.1, 0.15) is 46.5 Å². The quantitative estimate of drug-likeness (QED) is 0.644. The van der Waals surface area contributed by atoms with E-state index in [1.54, 1.807) is 0 Å². The van der Waals surface area contributed by atoms with Crippen LogP contribution in [0.4, 0.5) is 0 Å². The number of hydrogen-bond acceptors (Lipinski definition) is 2. The summed E-state index contributed by atoms with van der Waals surface area (Å²) < 4.78 is 5.74. The van der Waals surface area contributed by atoms with E-state index in [0.29, 0.717) is 18.0 Å². The van der Waals surface area contributed by atoms with E-state index in [-0.39, 0.29) is 11.3 Å². The van der Waals surface area contributed by atoms with Gasteiger partial charge in [0.1, 0.15) is 5.78 Å². The third kappa shape index (κ3) is 1.85. The van der Waals surface area contributed by atoms with Gasteiger partial charge in [0.2, 0.25) is 0 Å². The van der Waals surface area contributed by atoms with E-state index < -0.39 is 0 Å². The summed E-state index contributed by atoms with van der Waals surface area (Å²) in [5, 5.41) is 0. The van der Waals surface area contributed by atoms with Crippen LogP contribution >= 0.6 is 0 Å². The largest absolute Gasteiger partial charge is 0.375 e. The van der Waals surface area contributed by atoms with Gasteiger partial charge in [-0.2, -0.15) is 0 Å². The van der Waals surface area contributed by atoms with Gasteiger partial charge in [0.05, 0.1) is 12.2 Å². The van der Waals surface area contributed by atoms with Crippen molar-refractivity contribution in [3.8, 4) is 0 Å². The number of carbonyl (C=O) groups excluding carboxylic acids is 1. The Balaban J connectivity index is 2.03. The van der Waals surface area contributed by atoms with Gasteiger partial charge in [-0.05, 0) is 25.7 Å². The van der Waals surface area contributed by atoms with E-state index in [4.69, 9.17) is 4.74 Å². The lowest BCUT2D eigenvalue weighted by Gasteiger charge is -2.31. The second kappa shape index (κ2) is 3.34. The Bertz CT molecular complexity index is 227. The minimum atomic E-state index is -0.179. The molecule has 2 saturated heterocycles. The minimum absolute atomic E-state index is 0.179.